The second-order valence-electron chi connectivity index (χ2n) is 7.07. The Morgan fingerprint density at radius 3 is 2.72 bits per heavy atom. The molecule has 0 unspecified atom stereocenters. The summed E-state index contributed by atoms with van der Waals surface area (Å²) in [7, 11) is -2.23. The number of amides is 1. The topological polar surface area (TPSA) is 89.0 Å². The van der Waals surface area contributed by atoms with Crippen molar-refractivity contribution in [3.05, 3.63) is 53.1 Å². The van der Waals surface area contributed by atoms with Crippen LogP contribution in [0.1, 0.15) is 10.4 Å². The van der Waals surface area contributed by atoms with Crippen LogP contribution < -0.4 is 4.90 Å². The summed E-state index contributed by atoms with van der Waals surface area (Å²) < 4.78 is 38.9. The molecule has 11 heteroatoms. The van der Waals surface area contributed by atoms with Crippen molar-refractivity contribution in [1.82, 2.24) is 9.29 Å². The zero-order valence-corrected chi connectivity index (χ0v) is 19.8. The van der Waals surface area contributed by atoms with Crippen molar-refractivity contribution in [2.45, 2.75) is 4.90 Å². The number of carbonyl (C=O) groups is 1. The lowest BCUT2D eigenvalue weighted by Gasteiger charge is -2.26. The zero-order chi connectivity index (χ0) is 22.7. The molecule has 1 aliphatic rings. The molecule has 0 N–H and O–H groups in total. The number of para-hydroxylation sites is 1. The quantitative estimate of drug-likeness (QED) is 0.500. The minimum absolute atomic E-state index is 0.0168. The van der Waals surface area contributed by atoms with E-state index in [1.165, 1.54) is 38.7 Å². The van der Waals surface area contributed by atoms with Crippen LogP contribution in [0.3, 0.4) is 0 Å². The summed E-state index contributed by atoms with van der Waals surface area (Å²) >= 11 is 7.72. The first-order valence-corrected chi connectivity index (χ1v) is 12.6. The predicted octanol–water partition coefficient (Wildman–Crippen LogP) is 3.26. The normalized spacial score (nSPS) is 15.2. The summed E-state index contributed by atoms with van der Waals surface area (Å²) in [6, 6.07) is 11.8. The van der Waals surface area contributed by atoms with Gasteiger partial charge in [0.2, 0.25) is 10.0 Å². The van der Waals surface area contributed by atoms with Gasteiger partial charge in [-0.3, -0.25) is 9.69 Å². The number of thiazole rings is 1. The van der Waals surface area contributed by atoms with E-state index in [-0.39, 0.29) is 41.7 Å². The maximum atomic E-state index is 13.5. The van der Waals surface area contributed by atoms with Crippen LogP contribution in [0, 0.1) is 0 Å². The fourth-order valence-electron chi connectivity index (χ4n) is 3.35. The third kappa shape index (κ3) is 4.66. The summed E-state index contributed by atoms with van der Waals surface area (Å²) in [4.78, 5) is 19.6. The summed E-state index contributed by atoms with van der Waals surface area (Å²) in [5, 5.41) is 0.658. The highest BCUT2D eigenvalue weighted by Crippen LogP contribution is 2.31. The lowest BCUT2D eigenvalue weighted by Crippen LogP contribution is -2.40. The maximum absolute atomic E-state index is 13.5. The van der Waals surface area contributed by atoms with Gasteiger partial charge in [0.15, 0.2) is 5.13 Å². The average Bonchev–Trinajstić information content (AvgIpc) is 3.24. The van der Waals surface area contributed by atoms with Gasteiger partial charge in [0, 0.05) is 20.2 Å². The van der Waals surface area contributed by atoms with E-state index >= 15 is 0 Å². The van der Waals surface area contributed by atoms with Gasteiger partial charge in [0.25, 0.3) is 5.91 Å². The number of halogens is 1. The van der Waals surface area contributed by atoms with Crippen LogP contribution in [0.2, 0.25) is 5.02 Å². The number of ether oxygens (including phenoxy) is 2. The molecule has 0 saturated carbocycles. The van der Waals surface area contributed by atoms with E-state index < -0.39 is 15.9 Å². The number of hydrogen-bond donors (Lipinski definition) is 0. The molecule has 1 amide bonds. The van der Waals surface area contributed by atoms with Crippen LogP contribution in [0.4, 0.5) is 5.13 Å². The Hall–Kier alpha value is -2.08. The van der Waals surface area contributed by atoms with Crippen LogP contribution in [0.5, 0.6) is 0 Å². The molecule has 0 bridgehead atoms. The summed E-state index contributed by atoms with van der Waals surface area (Å²) in [6.45, 7) is 1.72. The summed E-state index contributed by atoms with van der Waals surface area (Å²) in [5.41, 5.74) is 0.869. The van der Waals surface area contributed by atoms with Crippen LogP contribution in [-0.2, 0) is 19.5 Å². The van der Waals surface area contributed by atoms with Crippen molar-refractivity contribution in [3.8, 4) is 0 Å². The first-order chi connectivity index (χ1) is 15.4. The van der Waals surface area contributed by atoms with Crippen LogP contribution in [0.25, 0.3) is 10.2 Å². The first kappa shape index (κ1) is 23.1. The zero-order valence-electron chi connectivity index (χ0n) is 17.4. The van der Waals surface area contributed by atoms with Crippen LogP contribution in [0.15, 0.2) is 47.4 Å². The van der Waals surface area contributed by atoms with Crippen molar-refractivity contribution < 1.29 is 22.7 Å². The Labute approximate surface area is 195 Å². The number of rotatable bonds is 7. The number of benzene rings is 2. The predicted molar refractivity (Wildman–Crippen MR) is 124 cm³/mol. The van der Waals surface area contributed by atoms with Crippen LogP contribution >= 0.6 is 22.9 Å². The monoisotopic (exact) mass is 495 g/mol. The fourth-order valence-corrected chi connectivity index (χ4v) is 5.98. The van der Waals surface area contributed by atoms with E-state index in [0.717, 1.165) is 10.2 Å². The van der Waals surface area contributed by atoms with Gasteiger partial charge >= 0.3 is 0 Å². The number of aromatic nitrogens is 1. The third-order valence-corrected chi connectivity index (χ3v) is 8.34. The molecule has 170 valence electrons. The molecule has 0 spiro atoms. The van der Waals surface area contributed by atoms with Gasteiger partial charge in [-0.15, -0.1) is 0 Å². The molecule has 3 aromatic rings. The van der Waals surface area contributed by atoms with Gasteiger partial charge in [-0.25, -0.2) is 13.4 Å². The van der Waals surface area contributed by atoms with Gasteiger partial charge < -0.3 is 9.47 Å². The number of fused-ring (bicyclic) bond motifs is 1. The number of methoxy groups -OCH3 is 1. The largest absolute Gasteiger partial charge is 0.383 e. The number of hydrogen-bond acceptors (Lipinski definition) is 7. The maximum Gasteiger partial charge on any atom is 0.261 e. The van der Waals surface area contributed by atoms with Crippen LogP contribution in [-0.4, -0.2) is 70.2 Å². The van der Waals surface area contributed by atoms with Gasteiger partial charge in [-0.2, -0.15) is 4.31 Å². The molecule has 2 heterocycles. The minimum atomic E-state index is -3.78. The molecular weight excluding hydrogens is 474 g/mol. The molecule has 1 aromatic heterocycles. The van der Waals surface area contributed by atoms with E-state index in [0.29, 0.717) is 18.3 Å². The summed E-state index contributed by atoms with van der Waals surface area (Å²) in [6.07, 6.45) is 0. The molecule has 1 fully saturated rings. The molecule has 1 aliphatic heterocycles. The molecule has 8 nitrogen and oxygen atoms in total. The lowest BCUT2D eigenvalue weighted by atomic mass is 10.2. The van der Waals surface area contributed by atoms with Gasteiger partial charge in [-0.1, -0.05) is 35.1 Å². The smallest absolute Gasteiger partial charge is 0.261 e. The van der Waals surface area contributed by atoms with Gasteiger partial charge in [0.1, 0.15) is 0 Å². The first-order valence-electron chi connectivity index (χ1n) is 9.95. The highest BCUT2D eigenvalue weighted by Gasteiger charge is 2.29. The van der Waals surface area contributed by atoms with E-state index in [1.807, 2.05) is 24.3 Å². The van der Waals surface area contributed by atoms with Crippen molar-refractivity contribution in [1.29, 1.82) is 0 Å². The fraction of sp³-hybridized carbons (Fsp3) is 0.333. The number of sulfonamides is 1. The molecule has 0 aliphatic carbocycles. The van der Waals surface area contributed by atoms with Gasteiger partial charge in [0.05, 0.1) is 52.1 Å². The molecule has 32 heavy (non-hydrogen) atoms. The molecule has 0 atom stereocenters. The molecule has 0 radical (unpaired) electrons. The Morgan fingerprint density at radius 2 is 2.00 bits per heavy atom. The summed E-state index contributed by atoms with van der Waals surface area (Å²) in [5.74, 6) is -0.440. The molecule has 2 aromatic carbocycles. The minimum Gasteiger partial charge on any atom is -0.383 e. The molecule has 1 saturated heterocycles. The average molecular weight is 496 g/mol. The van der Waals surface area contributed by atoms with E-state index in [1.54, 1.807) is 7.11 Å². The number of morpholine rings is 1. The SMILES string of the molecule is COCCN(C(=O)c1cc(S(=O)(=O)N2CCOCC2)ccc1Cl)c1nc2ccccc2s1. The Morgan fingerprint density at radius 1 is 1.25 bits per heavy atom. The Balaban J connectivity index is 1.71. The van der Waals surface area contributed by atoms with Crippen molar-refractivity contribution in [2.24, 2.45) is 0 Å². The van der Waals surface area contributed by atoms with E-state index in [9.17, 15) is 13.2 Å². The molecule has 4 rings (SSSR count). The van der Waals surface area contributed by atoms with E-state index in [2.05, 4.69) is 4.98 Å². The lowest BCUT2D eigenvalue weighted by molar-refractivity contribution is 0.0730. The standard InChI is InChI=1S/C21H22ClN3O5S2/c1-29-11-10-25(21-23-18-4-2-3-5-19(18)31-21)20(26)16-14-15(6-7-17(16)22)32(27,28)24-8-12-30-13-9-24/h2-7,14H,8-13H2,1H3. The third-order valence-electron chi connectivity index (χ3n) is 5.05. The van der Waals surface area contributed by atoms with Gasteiger partial charge in [-0.05, 0) is 30.3 Å². The van der Waals surface area contributed by atoms with E-state index in [4.69, 9.17) is 21.1 Å². The second kappa shape index (κ2) is 9.82. The number of nitrogens with zero attached hydrogens (tertiary/aromatic N) is 3. The Bertz CT molecular complexity index is 1190. The van der Waals surface area contributed by atoms with Crippen molar-refractivity contribution in [2.75, 3.05) is 51.5 Å². The highest BCUT2D eigenvalue weighted by molar-refractivity contribution is 7.89. The Kier molecular flexibility index (Phi) is 7.08. The van der Waals surface area contributed by atoms with Crippen molar-refractivity contribution in [3.63, 3.8) is 0 Å². The van der Waals surface area contributed by atoms with Crippen molar-refractivity contribution >= 4 is 54.2 Å². The number of carbonyl (C=O) groups excluding carboxylic acids is 1. The highest BCUT2D eigenvalue weighted by atomic mass is 35.5. The molecular formula is C21H22ClN3O5S2. The number of anilines is 1. The second-order valence-corrected chi connectivity index (χ2v) is 10.4.